The van der Waals surface area contributed by atoms with Crippen molar-refractivity contribution in [1.82, 2.24) is 10.6 Å². The number of aryl methyl sites for hydroxylation is 1. The summed E-state index contributed by atoms with van der Waals surface area (Å²) in [7, 11) is 1.47. The predicted molar refractivity (Wildman–Crippen MR) is 108 cm³/mol. The molecule has 0 atom stereocenters. The Balaban J connectivity index is 1.71. The van der Waals surface area contributed by atoms with E-state index in [0.717, 1.165) is 5.56 Å². The van der Waals surface area contributed by atoms with Gasteiger partial charge in [-0.05, 0) is 25.1 Å². The Hall–Kier alpha value is -2.86. The highest BCUT2D eigenvalue weighted by Crippen LogP contribution is 2.22. The Kier molecular flexibility index (Phi) is 8.02. The quantitative estimate of drug-likeness (QED) is 0.498. The van der Waals surface area contributed by atoms with E-state index in [1.165, 1.54) is 13.2 Å². The fourth-order valence-corrected chi connectivity index (χ4v) is 2.70. The van der Waals surface area contributed by atoms with Crippen LogP contribution >= 0.6 is 11.6 Å². The molecule has 0 bridgehead atoms. The minimum atomic E-state index is -0.344. The number of methoxy groups -OCH3 is 1. The molecule has 28 heavy (non-hydrogen) atoms. The van der Waals surface area contributed by atoms with Crippen molar-refractivity contribution in [2.45, 2.75) is 19.8 Å². The minimum Gasteiger partial charge on any atom is -0.496 e. The Labute approximate surface area is 169 Å². The summed E-state index contributed by atoms with van der Waals surface area (Å²) in [5, 5.41) is 5.80. The lowest BCUT2D eigenvalue weighted by Crippen LogP contribution is -2.34. The summed E-state index contributed by atoms with van der Waals surface area (Å²) in [5.74, 6) is -0.241. The molecule has 0 unspecified atom stereocenters. The number of hydrogen-bond acceptors (Lipinski definition) is 4. The van der Waals surface area contributed by atoms with Gasteiger partial charge in [-0.3, -0.25) is 14.4 Å². The minimum absolute atomic E-state index is 0.0727. The molecule has 0 fully saturated rings. The van der Waals surface area contributed by atoms with Crippen LogP contribution in [-0.4, -0.2) is 37.8 Å². The number of hydrogen-bond donors (Lipinski definition) is 2. The van der Waals surface area contributed by atoms with Crippen LogP contribution < -0.4 is 15.4 Å². The van der Waals surface area contributed by atoms with E-state index in [9.17, 15) is 14.4 Å². The van der Waals surface area contributed by atoms with Gasteiger partial charge in [0, 0.05) is 36.5 Å². The molecule has 2 aromatic rings. The van der Waals surface area contributed by atoms with Crippen LogP contribution in [0.1, 0.15) is 39.1 Å². The van der Waals surface area contributed by atoms with Gasteiger partial charge in [0.05, 0.1) is 12.7 Å². The molecule has 2 N–H and O–H groups in total. The fraction of sp³-hybridized carbons (Fsp3) is 0.286. The number of amides is 2. The zero-order valence-electron chi connectivity index (χ0n) is 15.9. The molecule has 0 spiro atoms. The number of rotatable bonds is 9. The Morgan fingerprint density at radius 3 is 2.32 bits per heavy atom. The average Bonchev–Trinajstić information content (AvgIpc) is 2.69. The van der Waals surface area contributed by atoms with Crippen molar-refractivity contribution in [3.8, 4) is 5.75 Å². The van der Waals surface area contributed by atoms with E-state index in [1.54, 1.807) is 24.3 Å². The number of nitrogens with one attached hydrogen (secondary N) is 2. The third-order valence-corrected chi connectivity index (χ3v) is 4.33. The van der Waals surface area contributed by atoms with Gasteiger partial charge in [0.25, 0.3) is 5.91 Å². The summed E-state index contributed by atoms with van der Waals surface area (Å²) in [6, 6.07) is 12.0. The molecular formula is C21H23ClN2O4. The summed E-state index contributed by atoms with van der Waals surface area (Å²) in [6.07, 6.45) is 0.240. The third kappa shape index (κ3) is 6.39. The van der Waals surface area contributed by atoms with Crippen molar-refractivity contribution in [1.29, 1.82) is 0 Å². The van der Waals surface area contributed by atoms with Crippen LogP contribution in [0.15, 0.2) is 42.5 Å². The number of ether oxygens (including phenoxy) is 1. The van der Waals surface area contributed by atoms with E-state index in [2.05, 4.69) is 10.6 Å². The van der Waals surface area contributed by atoms with Gasteiger partial charge in [-0.2, -0.15) is 0 Å². The molecular weight excluding hydrogens is 380 g/mol. The second kappa shape index (κ2) is 10.5. The average molecular weight is 403 g/mol. The molecule has 148 valence electrons. The van der Waals surface area contributed by atoms with Gasteiger partial charge in [-0.25, -0.2) is 0 Å². The predicted octanol–water partition coefficient (Wildman–Crippen LogP) is 3.17. The highest BCUT2D eigenvalue weighted by molar-refractivity contribution is 6.31. The topological polar surface area (TPSA) is 84.5 Å². The first-order chi connectivity index (χ1) is 13.4. The molecule has 0 aliphatic carbocycles. The zero-order chi connectivity index (χ0) is 20.5. The van der Waals surface area contributed by atoms with Crippen LogP contribution in [0.3, 0.4) is 0 Å². The maximum absolute atomic E-state index is 12.2. The summed E-state index contributed by atoms with van der Waals surface area (Å²) < 4.78 is 5.14. The summed E-state index contributed by atoms with van der Waals surface area (Å²) >= 11 is 5.91. The van der Waals surface area contributed by atoms with Crippen molar-refractivity contribution < 1.29 is 19.1 Å². The van der Waals surface area contributed by atoms with Gasteiger partial charge in [-0.1, -0.05) is 41.4 Å². The van der Waals surface area contributed by atoms with Gasteiger partial charge in [-0.15, -0.1) is 0 Å². The third-order valence-electron chi connectivity index (χ3n) is 4.09. The molecule has 2 amide bonds. The van der Waals surface area contributed by atoms with Crippen molar-refractivity contribution in [3.05, 3.63) is 64.2 Å². The molecule has 7 heteroatoms. The maximum Gasteiger partial charge on any atom is 0.255 e. The van der Waals surface area contributed by atoms with Crippen LogP contribution in [0.25, 0.3) is 0 Å². The molecule has 6 nitrogen and oxygen atoms in total. The van der Waals surface area contributed by atoms with E-state index in [1.807, 2.05) is 19.1 Å². The van der Waals surface area contributed by atoms with Crippen LogP contribution in [0.4, 0.5) is 0 Å². The Morgan fingerprint density at radius 1 is 0.964 bits per heavy atom. The van der Waals surface area contributed by atoms with Crippen molar-refractivity contribution >= 4 is 29.2 Å². The molecule has 0 radical (unpaired) electrons. The number of halogens is 1. The highest BCUT2D eigenvalue weighted by atomic mass is 35.5. The number of benzene rings is 2. The smallest absolute Gasteiger partial charge is 0.255 e. The van der Waals surface area contributed by atoms with Gasteiger partial charge >= 0.3 is 0 Å². The van der Waals surface area contributed by atoms with Gasteiger partial charge < -0.3 is 15.4 Å². The van der Waals surface area contributed by atoms with E-state index in [4.69, 9.17) is 16.3 Å². The van der Waals surface area contributed by atoms with Gasteiger partial charge in [0.15, 0.2) is 5.78 Å². The molecule has 0 heterocycles. The number of ketones is 1. The monoisotopic (exact) mass is 402 g/mol. The van der Waals surface area contributed by atoms with E-state index < -0.39 is 0 Å². The lowest BCUT2D eigenvalue weighted by molar-refractivity contribution is -0.121. The van der Waals surface area contributed by atoms with Crippen LogP contribution in [0.5, 0.6) is 5.75 Å². The highest BCUT2D eigenvalue weighted by Gasteiger charge is 2.13. The number of carbonyl (C=O) groups is 3. The summed E-state index contributed by atoms with van der Waals surface area (Å²) in [6.45, 7) is 2.45. The first-order valence-electron chi connectivity index (χ1n) is 8.89. The van der Waals surface area contributed by atoms with Gasteiger partial charge in [0.1, 0.15) is 5.75 Å². The lowest BCUT2D eigenvalue weighted by Gasteiger charge is -2.10. The van der Waals surface area contributed by atoms with Gasteiger partial charge in [0.2, 0.25) is 5.91 Å². The van der Waals surface area contributed by atoms with Crippen LogP contribution in [0.2, 0.25) is 5.02 Å². The Bertz CT molecular complexity index is 850. The fourth-order valence-electron chi connectivity index (χ4n) is 2.53. The molecule has 2 rings (SSSR count). The van der Waals surface area contributed by atoms with E-state index >= 15 is 0 Å². The lowest BCUT2D eigenvalue weighted by atomic mass is 10.1. The maximum atomic E-state index is 12.2. The molecule has 0 saturated heterocycles. The SMILES string of the molecule is COc1ccc(Cl)cc1C(=O)NCCNC(=O)CCC(=O)c1ccc(C)cc1. The van der Waals surface area contributed by atoms with E-state index in [-0.39, 0.29) is 43.5 Å². The number of carbonyl (C=O) groups excluding carboxylic acids is 3. The van der Waals surface area contributed by atoms with Crippen LogP contribution in [-0.2, 0) is 4.79 Å². The largest absolute Gasteiger partial charge is 0.496 e. The molecule has 0 aliphatic heterocycles. The van der Waals surface area contributed by atoms with Crippen molar-refractivity contribution in [2.24, 2.45) is 0 Å². The first-order valence-corrected chi connectivity index (χ1v) is 9.27. The zero-order valence-corrected chi connectivity index (χ0v) is 16.6. The summed E-state index contributed by atoms with van der Waals surface area (Å²) in [4.78, 5) is 36.2. The van der Waals surface area contributed by atoms with E-state index in [0.29, 0.717) is 21.9 Å². The second-order valence-corrected chi connectivity index (χ2v) is 6.68. The van der Waals surface area contributed by atoms with Crippen molar-refractivity contribution in [2.75, 3.05) is 20.2 Å². The molecule has 0 saturated carbocycles. The summed E-state index contributed by atoms with van der Waals surface area (Å²) in [5.41, 5.74) is 2.00. The normalized spacial score (nSPS) is 10.2. The standard InChI is InChI=1S/C21H23ClN2O4/c1-14-3-5-15(6-4-14)18(25)8-10-20(26)23-11-12-24-21(27)17-13-16(22)7-9-19(17)28-2/h3-7,9,13H,8,10-12H2,1-2H3,(H,23,26)(H,24,27). The molecule has 0 aliphatic rings. The number of Topliss-reactive ketones (excluding diaryl/α,β-unsaturated/α-hetero) is 1. The Morgan fingerprint density at radius 2 is 1.64 bits per heavy atom. The second-order valence-electron chi connectivity index (χ2n) is 6.24. The molecule has 2 aromatic carbocycles. The first kappa shape index (κ1) is 21.4. The van der Waals surface area contributed by atoms with Crippen molar-refractivity contribution in [3.63, 3.8) is 0 Å². The molecule has 0 aromatic heterocycles. The van der Waals surface area contributed by atoms with Crippen LogP contribution in [0, 0.1) is 6.92 Å².